The van der Waals surface area contributed by atoms with Crippen molar-refractivity contribution in [1.29, 1.82) is 0 Å². The molecule has 2 aromatic rings. The predicted octanol–water partition coefficient (Wildman–Crippen LogP) is 3.19. The van der Waals surface area contributed by atoms with E-state index in [4.69, 9.17) is 23.2 Å². The SMILES string of the molecule is Cc1c(O)cnn1-c1ccc(Cl)cc1Cl. The molecule has 0 aliphatic rings. The van der Waals surface area contributed by atoms with Crippen LogP contribution in [-0.2, 0) is 0 Å². The molecule has 1 aromatic heterocycles. The zero-order chi connectivity index (χ0) is 11.0. The smallest absolute Gasteiger partial charge is 0.156 e. The molecular formula is C10H8Cl2N2O. The second-order valence-electron chi connectivity index (χ2n) is 3.12. The first-order chi connectivity index (χ1) is 7.09. The average molecular weight is 243 g/mol. The van der Waals surface area contributed by atoms with Gasteiger partial charge in [-0.1, -0.05) is 23.2 Å². The molecule has 0 spiro atoms. The van der Waals surface area contributed by atoms with Crippen LogP contribution < -0.4 is 0 Å². The molecule has 78 valence electrons. The van der Waals surface area contributed by atoms with Gasteiger partial charge in [-0.15, -0.1) is 0 Å². The standard InChI is InChI=1S/C10H8Cl2N2O/c1-6-10(15)5-13-14(6)9-3-2-7(11)4-8(9)12/h2-5,15H,1H3. The van der Waals surface area contributed by atoms with Crippen LogP contribution >= 0.6 is 23.2 Å². The Kier molecular flexibility index (Phi) is 2.59. The molecule has 0 fully saturated rings. The van der Waals surface area contributed by atoms with E-state index in [-0.39, 0.29) is 5.75 Å². The van der Waals surface area contributed by atoms with E-state index in [0.29, 0.717) is 21.4 Å². The fourth-order valence-electron chi connectivity index (χ4n) is 1.30. The molecule has 0 aliphatic carbocycles. The summed E-state index contributed by atoms with van der Waals surface area (Å²) in [7, 11) is 0. The lowest BCUT2D eigenvalue weighted by molar-refractivity contribution is 0.470. The van der Waals surface area contributed by atoms with Gasteiger partial charge in [0.1, 0.15) is 0 Å². The van der Waals surface area contributed by atoms with Gasteiger partial charge >= 0.3 is 0 Å². The maximum Gasteiger partial charge on any atom is 0.156 e. The maximum atomic E-state index is 9.39. The summed E-state index contributed by atoms with van der Waals surface area (Å²) < 4.78 is 1.56. The van der Waals surface area contributed by atoms with Crippen LogP contribution in [0.15, 0.2) is 24.4 Å². The molecule has 5 heteroatoms. The Hall–Kier alpha value is -1.19. The van der Waals surface area contributed by atoms with Crippen molar-refractivity contribution in [3.8, 4) is 11.4 Å². The zero-order valence-corrected chi connectivity index (χ0v) is 9.42. The van der Waals surface area contributed by atoms with Crippen molar-refractivity contribution in [1.82, 2.24) is 9.78 Å². The molecule has 2 rings (SSSR count). The van der Waals surface area contributed by atoms with Crippen LogP contribution in [0.3, 0.4) is 0 Å². The number of aromatic hydroxyl groups is 1. The van der Waals surface area contributed by atoms with Crippen molar-refractivity contribution in [2.75, 3.05) is 0 Å². The molecule has 0 saturated carbocycles. The van der Waals surface area contributed by atoms with E-state index in [9.17, 15) is 5.11 Å². The summed E-state index contributed by atoms with van der Waals surface area (Å²) in [6.07, 6.45) is 1.38. The van der Waals surface area contributed by atoms with Gasteiger partial charge in [0.05, 0.1) is 22.6 Å². The molecule has 3 nitrogen and oxygen atoms in total. The molecule has 0 unspecified atom stereocenters. The van der Waals surface area contributed by atoms with E-state index in [2.05, 4.69) is 5.10 Å². The highest BCUT2D eigenvalue weighted by atomic mass is 35.5. The van der Waals surface area contributed by atoms with Crippen molar-refractivity contribution in [3.63, 3.8) is 0 Å². The summed E-state index contributed by atoms with van der Waals surface area (Å²) in [4.78, 5) is 0. The molecule has 0 aliphatic heterocycles. The molecule has 1 N–H and O–H groups in total. The van der Waals surface area contributed by atoms with Crippen molar-refractivity contribution in [2.45, 2.75) is 6.92 Å². The van der Waals surface area contributed by atoms with Crippen molar-refractivity contribution >= 4 is 23.2 Å². The lowest BCUT2D eigenvalue weighted by atomic mass is 10.3. The summed E-state index contributed by atoms with van der Waals surface area (Å²) >= 11 is 11.8. The highest BCUT2D eigenvalue weighted by Gasteiger charge is 2.09. The monoisotopic (exact) mass is 242 g/mol. The first-order valence-electron chi connectivity index (χ1n) is 4.28. The number of hydrogen-bond acceptors (Lipinski definition) is 2. The van der Waals surface area contributed by atoms with E-state index in [1.54, 1.807) is 29.8 Å². The molecule has 15 heavy (non-hydrogen) atoms. The lowest BCUT2D eigenvalue weighted by Crippen LogP contribution is -1.99. The minimum absolute atomic E-state index is 0.140. The summed E-state index contributed by atoms with van der Waals surface area (Å²) in [5.74, 6) is 0.140. The number of rotatable bonds is 1. The van der Waals surface area contributed by atoms with Crippen LogP contribution in [0, 0.1) is 6.92 Å². The summed E-state index contributed by atoms with van der Waals surface area (Å²) in [6.45, 7) is 1.76. The van der Waals surface area contributed by atoms with Gasteiger partial charge in [-0.25, -0.2) is 4.68 Å². The first kappa shape index (κ1) is 10.3. The van der Waals surface area contributed by atoms with E-state index >= 15 is 0 Å². The minimum atomic E-state index is 0.140. The Morgan fingerprint density at radius 2 is 2.07 bits per heavy atom. The molecule has 0 bridgehead atoms. The van der Waals surface area contributed by atoms with Gasteiger partial charge in [-0.2, -0.15) is 5.10 Å². The Bertz CT molecular complexity index is 508. The number of benzene rings is 1. The Balaban J connectivity index is 2.59. The zero-order valence-electron chi connectivity index (χ0n) is 7.91. The predicted molar refractivity (Wildman–Crippen MR) is 60.0 cm³/mol. The molecule has 0 atom stereocenters. The molecule has 0 saturated heterocycles. The van der Waals surface area contributed by atoms with Crippen molar-refractivity contribution in [3.05, 3.63) is 40.1 Å². The van der Waals surface area contributed by atoms with Crippen LogP contribution in [0.25, 0.3) is 5.69 Å². The third-order valence-electron chi connectivity index (χ3n) is 2.12. The van der Waals surface area contributed by atoms with Crippen molar-refractivity contribution in [2.24, 2.45) is 0 Å². The molecular weight excluding hydrogens is 235 g/mol. The van der Waals surface area contributed by atoms with Crippen LogP contribution in [0.4, 0.5) is 0 Å². The number of aromatic nitrogens is 2. The van der Waals surface area contributed by atoms with Gasteiger partial charge in [0.2, 0.25) is 0 Å². The normalized spacial score (nSPS) is 10.6. The van der Waals surface area contributed by atoms with Gasteiger partial charge in [-0.05, 0) is 25.1 Å². The summed E-state index contributed by atoms with van der Waals surface area (Å²) in [6, 6.07) is 5.11. The van der Waals surface area contributed by atoms with Crippen molar-refractivity contribution < 1.29 is 5.11 Å². The topological polar surface area (TPSA) is 38.1 Å². The van der Waals surface area contributed by atoms with E-state index < -0.39 is 0 Å². The number of hydrogen-bond donors (Lipinski definition) is 1. The van der Waals surface area contributed by atoms with E-state index in [0.717, 1.165) is 0 Å². The lowest BCUT2D eigenvalue weighted by Gasteiger charge is -2.06. The Labute approximate surface area is 96.9 Å². The van der Waals surface area contributed by atoms with Gasteiger partial charge in [0.15, 0.2) is 5.75 Å². The molecule has 1 aromatic carbocycles. The van der Waals surface area contributed by atoms with Gasteiger partial charge in [0, 0.05) is 5.02 Å². The minimum Gasteiger partial charge on any atom is -0.504 e. The average Bonchev–Trinajstić information content (AvgIpc) is 2.49. The maximum absolute atomic E-state index is 9.39. The van der Waals surface area contributed by atoms with Crippen LogP contribution in [0.5, 0.6) is 5.75 Å². The first-order valence-corrected chi connectivity index (χ1v) is 5.04. The highest BCUT2D eigenvalue weighted by molar-refractivity contribution is 6.35. The third-order valence-corrected chi connectivity index (χ3v) is 2.66. The van der Waals surface area contributed by atoms with Crippen LogP contribution in [-0.4, -0.2) is 14.9 Å². The quantitative estimate of drug-likeness (QED) is 0.835. The highest BCUT2D eigenvalue weighted by Crippen LogP contribution is 2.27. The second kappa shape index (κ2) is 3.76. The largest absolute Gasteiger partial charge is 0.504 e. The van der Waals surface area contributed by atoms with Crippen LogP contribution in [0.2, 0.25) is 10.0 Å². The fourth-order valence-corrected chi connectivity index (χ4v) is 1.79. The Morgan fingerprint density at radius 1 is 1.33 bits per heavy atom. The third kappa shape index (κ3) is 1.80. The van der Waals surface area contributed by atoms with Gasteiger partial charge in [0.25, 0.3) is 0 Å². The molecule has 1 heterocycles. The van der Waals surface area contributed by atoms with Gasteiger partial charge in [-0.3, -0.25) is 0 Å². The Morgan fingerprint density at radius 3 is 2.60 bits per heavy atom. The van der Waals surface area contributed by atoms with E-state index in [1.807, 2.05) is 0 Å². The second-order valence-corrected chi connectivity index (χ2v) is 3.97. The number of nitrogens with zero attached hydrogens (tertiary/aromatic N) is 2. The summed E-state index contributed by atoms with van der Waals surface area (Å²) in [5, 5.41) is 14.5. The van der Waals surface area contributed by atoms with Crippen LogP contribution in [0.1, 0.15) is 5.69 Å². The molecule has 0 radical (unpaired) electrons. The van der Waals surface area contributed by atoms with E-state index in [1.165, 1.54) is 6.20 Å². The summed E-state index contributed by atoms with van der Waals surface area (Å²) in [5.41, 5.74) is 1.33. The molecule has 0 amide bonds. The van der Waals surface area contributed by atoms with Gasteiger partial charge < -0.3 is 5.11 Å². The fraction of sp³-hybridized carbons (Fsp3) is 0.100. The number of halogens is 2.